The van der Waals surface area contributed by atoms with Gasteiger partial charge in [0.2, 0.25) is 5.91 Å². The molecule has 1 N–H and O–H groups in total. The van der Waals surface area contributed by atoms with Gasteiger partial charge in [0.1, 0.15) is 30.5 Å². The van der Waals surface area contributed by atoms with Gasteiger partial charge in [-0.05, 0) is 29.7 Å². The Morgan fingerprint density at radius 1 is 1.12 bits per heavy atom. The number of hydrogen-bond acceptors (Lipinski definition) is 7. The molecule has 0 radical (unpaired) electrons. The van der Waals surface area contributed by atoms with Crippen LogP contribution in [-0.4, -0.2) is 62.3 Å². The number of alkyl halides is 3. The molecule has 13 heteroatoms. The van der Waals surface area contributed by atoms with Crippen molar-refractivity contribution in [1.29, 1.82) is 0 Å². The Morgan fingerprint density at radius 3 is 2.59 bits per heavy atom. The van der Waals surface area contributed by atoms with Gasteiger partial charge >= 0.3 is 6.18 Å². The molecule has 2 aromatic carbocycles. The number of benzene rings is 2. The van der Waals surface area contributed by atoms with Crippen molar-refractivity contribution in [2.75, 3.05) is 13.6 Å². The van der Waals surface area contributed by atoms with Crippen LogP contribution in [0.25, 0.3) is 0 Å². The highest BCUT2D eigenvalue weighted by molar-refractivity contribution is 6.01. The van der Waals surface area contributed by atoms with E-state index < -0.39 is 18.0 Å². The van der Waals surface area contributed by atoms with E-state index in [4.69, 9.17) is 4.74 Å². The van der Waals surface area contributed by atoms with Crippen molar-refractivity contribution in [3.05, 3.63) is 76.4 Å². The average Bonchev–Trinajstić information content (AvgIpc) is 3.54. The lowest BCUT2D eigenvalue weighted by atomic mass is 10.1. The highest BCUT2D eigenvalue weighted by atomic mass is 19.4. The summed E-state index contributed by atoms with van der Waals surface area (Å²) in [7, 11) is 1.50. The maximum absolute atomic E-state index is 13.1. The lowest BCUT2D eigenvalue weighted by molar-refractivity contribution is -0.145. The molecule has 0 fully saturated rings. The average molecular weight is 571 g/mol. The zero-order valence-electron chi connectivity index (χ0n) is 22.4. The molecule has 1 atom stereocenters. The molecule has 2 amide bonds. The van der Waals surface area contributed by atoms with Crippen LogP contribution in [0.15, 0.2) is 42.5 Å². The molecule has 3 heterocycles. The minimum Gasteiger partial charge on any atom is -0.489 e. The number of halogens is 3. The topological polar surface area (TPSA) is 110 Å². The van der Waals surface area contributed by atoms with Crippen molar-refractivity contribution < 1.29 is 32.3 Å². The number of rotatable bonds is 10. The SMILES string of the molecule is CNC(=O)C(CCC=O)N1Cc2c(OCc3ccc(CN4CCn5nc(C(F)(F)F)nc5C4)cc3)cccc2C1=O. The lowest BCUT2D eigenvalue weighted by Crippen LogP contribution is -2.46. The van der Waals surface area contributed by atoms with E-state index >= 15 is 0 Å². The fourth-order valence-electron chi connectivity index (χ4n) is 5.13. The number of aldehydes is 1. The van der Waals surface area contributed by atoms with Gasteiger partial charge in [0, 0.05) is 37.7 Å². The maximum atomic E-state index is 13.1. The Bertz CT molecular complexity index is 1440. The molecule has 0 saturated heterocycles. The van der Waals surface area contributed by atoms with Gasteiger partial charge in [-0.1, -0.05) is 30.3 Å². The van der Waals surface area contributed by atoms with E-state index in [-0.39, 0.29) is 44.4 Å². The molecule has 0 aliphatic carbocycles. The molecule has 5 rings (SSSR count). The van der Waals surface area contributed by atoms with Gasteiger partial charge in [0.05, 0.1) is 19.6 Å². The summed E-state index contributed by atoms with van der Waals surface area (Å²) in [6.45, 7) is 2.18. The summed E-state index contributed by atoms with van der Waals surface area (Å²) < 4.78 is 46.2. The summed E-state index contributed by atoms with van der Waals surface area (Å²) in [5.74, 6) is -0.868. The normalized spacial score (nSPS) is 15.8. The standard InChI is InChI=1S/C28H29F3N6O4/c1-32-25(39)22(5-3-13-38)36-15-21-20(26(36)40)4-2-6-23(21)41-17-19-9-7-18(8-10-19)14-35-11-12-37-24(16-35)33-27(34-37)28(29,30)31/h2,4,6-10,13,22H,3,5,11-12,14-17H2,1H3,(H,32,39). The molecule has 0 bridgehead atoms. The number of nitrogens with one attached hydrogen (secondary N) is 1. The zero-order chi connectivity index (χ0) is 29.1. The zero-order valence-corrected chi connectivity index (χ0v) is 22.4. The second kappa shape index (κ2) is 11.7. The molecule has 2 aliphatic rings. The van der Waals surface area contributed by atoms with E-state index in [1.165, 1.54) is 16.6 Å². The third-order valence-corrected chi connectivity index (χ3v) is 7.25. The molecule has 1 unspecified atom stereocenters. The fraction of sp³-hybridized carbons (Fsp3) is 0.393. The summed E-state index contributed by atoms with van der Waals surface area (Å²) in [6.07, 6.45) is -3.43. The predicted molar refractivity (Wildman–Crippen MR) is 139 cm³/mol. The Morgan fingerprint density at radius 2 is 1.88 bits per heavy atom. The van der Waals surface area contributed by atoms with E-state index in [0.29, 0.717) is 42.3 Å². The van der Waals surface area contributed by atoms with Crippen LogP contribution in [0.4, 0.5) is 13.2 Å². The first-order valence-electron chi connectivity index (χ1n) is 13.2. The summed E-state index contributed by atoms with van der Waals surface area (Å²) in [6, 6.07) is 12.2. The number of likely N-dealkylation sites (N-methyl/N-ethyl adjacent to an activating group) is 1. The van der Waals surface area contributed by atoms with Crippen LogP contribution in [0, 0.1) is 0 Å². The Labute approximate surface area is 234 Å². The fourth-order valence-corrected chi connectivity index (χ4v) is 5.13. The van der Waals surface area contributed by atoms with E-state index in [1.54, 1.807) is 18.2 Å². The molecule has 3 aromatic rings. The van der Waals surface area contributed by atoms with Crippen LogP contribution in [0.2, 0.25) is 0 Å². The molecule has 10 nitrogen and oxygen atoms in total. The first-order chi connectivity index (χ1) is 19.7. The van der Waals surface area contributed by atoms with Crippen LogP contribution in [0.1, 0.15) is 51.5 Å². The van der Waals surface area contributed by atoms with Gasteiger partial charge in [0.15, 0.2) is 0 Å². The van der Waals surface area contributed by atoms with E-state index in [2.05, 4.69) is 15.4 Å². The molecule has 2 aliphatic heterocycles. The van der Waals surface area contributed by atoms with Crippen molar-refractivity contribution in [2.24, 2.45) is 0 Å². The lowest BCUT2D eigenvalue weighted by Gasteiger charge is -2.26. The van der Waals surface area contributed by atoms with Gasteiger partial charge in [-0.2, -0.15) is 13.2 Å². The minimum atomic E-state index is -4.56. The van der Waals surface area contributed by atoms with Gasteiger partial charge in [-0.3, -0.25) is 14.5 Å². The number of carbonyl (C=O) groups excluding carboxylic acids is 3. The van der Waals surface area contributed by atoms with Crippen LogP contribution >= 0.6 is 0 Å². The largest absolute Gasteiger partial charge is 0.489 e. The molecule has 41 heavy (non-hydrogen) atoms. The van der Waals surface area contributed by atoms with Crippen LogP contribution in [-0.2, 0) is 48.6 Å². The predicted octanol–water partition coefficient (Wildman–Crippen LogP) is 2.94. The summed E-state index contributed by atoms with van der Waals surface area (Å²) in [5, 5.41) is 6.14. The van der Waals surface area contributed by atoms with Gasteiger partial charge in [0.25, 0.3) is 11.7 Å². The van der Waals surface area contributed by atoms with Crippen molar-refractivity contribution in [1.82, 2.24) is 29.9 Å². The van der Waals surface area contributed by atoms with Gasteiger partial charge < -0.3 is 19.7 Å². The number of carbonyl (C=O) groups is 3. The summed E-state index contributed by atoms with van der Waals surface area (Å²) >= 11 is 0. The molecular formula is C28H29F3N6O4. The van der Waals surface area contributed by atoms with Crippen molar-refractivity contribution in [2.45, 2.75) is 57.8 Å². The Hall–Kier alpha value is -4.26. The second-order valence-corrected chi connectivity index (χ2v) is 9.98. The Kier molecular flexibility index (Phi) is 8.06. The van der Waals surface area contributed by atoms with Crippen molar-refractivity contribution >= 4 is 18.1 Å². The van der Waals surface area contributed by atoms with E-state index in [1.807, 2.05) is 29.2 Å². The number of amides is 2. The van der Waals surface area contributed by atoms with Crippen LogP contribution in [0.3, 0.4) is 0 Å². The number of nitrogens with zero attached hydrogens (tertiary/aromatic N) is 5. The minimum absolute atomic E-state index is 0.163. The number of ether oxygens (including phenoxy) is 1. The number of hydrogen-bond donors (Lipinski definition) is 1. The smallest absolute Gasteiger partial charge is 0.453 e. The quantitative estimate of drug-likeness (QED) is 0.374. The molecular weight excluding hydrogens is 541 g/mol. The third kappa shape index (κ3) is 6.09. The Balaban J connectivity index is 1.20. The molecule has 216 valence electrons. The van der Waals surface area contributed by atoms with Crippen LogP contribution < -0.4 is 10.1 Å². The second-order valence-electron chi connectivity index (χ2n) is 9.98. The van der Waals surface area contributed by atoms with Gasteiger partial charge in [-0.25, -0.2) is 9.67 Å². The van der Waals surface area contributed by atoms with Crippen molar-refractivity contribution in [3.63, 3.8) is 0 Å². The van der Waals surface area contributed by atoms with Crippen LogP contribution in [0.5, 0.6) is 5.75 Å². The highest BCUT2D eigenvalue weighted by Crippen LogP contribution is 2.33. The summed E-state index contributed by atoms with van der Waals surface area (Å²) in [5.41, 5.74) is 3.06. The maximum Gasteiger partial charge on any atom is 0.453 e. The molecule has 0 saturated carbocycles. The molecule has 0 spiro atoms. The first-order valence-corrected chi connectivity index (χ1v) is 13.2. The summed E-state index contributed by atoms with van der Waals surface area (Å²) in [4.78, 5) is 43.6. The number of aromatic nitrogens is 3. The van der Waals surface area contributed by atoms with E-state index in [9.17, 15) is 27.6 Å². The van der Waals surface area contributed by atoms with Crippen molar-refractivity contribution in [3.8, 4) is 5.75 Å². The monoisotopic (exact) mass is 570 g/mol. The van der Waals surface area contributed by atoms with Gasteiger partial charge in [-0.15, -0.1) is 5.10 Å². The molecule has 1 aromatic heterocycles. The highest BCUT2D eigenvalue weighted by Gasteiger charge is 2.38. The third-order valence-electron chi connectivity index (χ3n) is 7.25. The van der Waals surface area contributed by atoms with E-state index in [0.717, 1.165) is 17.4 Å². The first kappa shape index (κ1) is 28.3. The number of fused-ring (bicyclic) bond motifs is 2.